The van der Waals surface area contributed by atoms with Crippen LogP contribution in [-0.4, -0.2) is 38.8 Å². The van der Waals surface area contributed by atoms with Crippen LogP contribution in [0.15, 0.2) is 53.4 Å². The van der Waals surface area contributed by atoms with Gasteiger partial charge in [0.25, 0.3) is 5.91 Å². The highest BCUT2D eigenvalue weighted by Crippen LogP contribution is 2.24. The molecule has 2 rings (SSSR count). The van der Waals surface area contributed by atoms with Crippen LogP contribution in [0.1, 0.15) is 42.6 Å². The van der Waals surface area contributed by atoms with Crippen molar-refractivity contribution in [1.29, 1.82) is 0 Å². The molecule has 28 heavy (non-hydrogen) atoms. The number of hydrogen-bond acceptors (Lipinski definition) is 4. The van der Waals surface area contributed by atoms with Crippen molar-refractivity contribution in [2.75, 3.05) is 20.2 Å². The fourth-order valence-corrected chi connectivity index (χ4v) is 3.89. The molecule has 0 heterocycles. The molecule has 0 atom stereocenters. The predicted octanol–water partition coefficient (Wildman–Crippen LogP) is 3.44. The summed E-state index contributed by atoms with van der Waals surface area (Å²) in [5.41, 5.74) is 1.13. The minimum atomic E-state index is -3.64. The first-order valence-electron chi connectivity index (χ1n) is 9.45. The molecule has 1 amide bonds. The summed E-state index contributed by atoms with van der Waals surface area (Å²) in [5, 5.41) is 2.88. The Morgan fingerprint density at radius 1 is 1.11 bits per heavy atom. The van der Waals surface area contributed by atoms with Crippen molar-refractivity contribution in [3.05, 3.63) is 59.7 Å². The van der Waals surface area contributed by atoms with Gasteiger partial charge in [0.1, 0.15) is 5.75 Å². The van der Waals surface area contributed by atoms with Gasteiger partial charge in [-0.2, -0.15) is 4.31 Å². The maximum absolute atomic E-state index is 12.8. The summed E-state index contributed by atoms with van der Waals surface area (Å²) in [6.07, 6.45) is 1.91. The molecule has 7 heteroatoms. The predicted molar refractivity (Wildman–Crippen MR) is 110 cm³/mol. The quantitative estimate of drug-likeness (QED) is 0.616. The maximum atomic E-state index is 12.8. The second kappa shape index (κ2) is 10.2. The molecule has 152 valence electrons. The zero-order chi connectivity index (χ0) is 20.6. The number of carbonyl (C=O) groups is 1. The third kappa shape index (κ3) is 5.56. The molecule has 0 aliphatic carbocycles. The number of carbonyl (C=O) groups excluding carboxylic acids is 1. The van der Waals surface area contributed by atoms with E-state index in [9.17, 15) is 13.2 Å². The maximum Gasteiger partial charge on any atom is 0.251 e. The van der Waals surface area contributed by atoms with Crippen molar-refractivity contribution in [1.82, 2.24) is 9.62 Å². The lowest BCUT2D eigenvalue weighted by Gasteiger charge is -2.20. The average Bonchev–Trinajstić information content (AvgIpc) is 2.70. The molecule has 0 aromatic heterocycles. The van der Waals surface area contributed by atoms with Crippen molar-refractivity contribution in [3.63, 3.8) is 0 Å². The summed E-state index contributed by atoms with van der Waals surface area (Å²) in [7, 11) is -2.12. The first-order chi connectivity index (χ1) is 13.4. The van der Waals surface area contributed by atoms with Crippen LogP contribution in [0.4, 0.5) is 0 Å². The Hall–Kier alpha value is -2.38. The van der Waals surface area contributed by atoms with E-state index in [2.05, 4.69) is 12.2 Å². The topological polar surface area (TPSA) is 75.7 Å². The molecular formula is C21H28N2O4S. The normalized spacial score (nSPS) is 11.4. The fourth-order valence-electron chi connectivity index (χ4n) is 2.72. The lowest BCUT2D eigenvalue weighted by molar-refractivity contribution is 0.0953. The van der Waals surface area contributed by atoms with E-state index in [1.165, 1.54) is 11.4 Å². The number of unbranched alkanes of at least 4 members (excludes halogenated alkanes) is 1. The van der Waals surface area contributed by atoms with Crippen molar-refractivity contribution in [2.45, 2.75) is 38.1 Å². The van der Waals surface area contributed by atoms with Crippen LogP contribution >= 0.6 is 0 Å². The van der Waals surface area contributed by atoms with Gasteiger partial charge in [-0.05, 0) is 43.7 Å². The molecule has 0 saturated heterocycles. The standard InChI is InChI=1S/C21H28N2O4S/c1-4-6-14-22-21(24)17-12-13-20(27-5-2)18(15-17)16-23(3)28(25,26)19-10-8-7-9-11-19/h7-13,15H,4-6,14,16H2,1-3H3,(H,22,24). The first-order valence-corrected chi connectivity index (χ1v) is 10.9. The van der Waals surface area contributed by atoms with Crippen LogP contribution in [0.3, 0.4) is 0 Å². The van der Waals surface area contributed by atoms with Gasteiger partial charge >= 0.3 is 0 Å². The van der Waals surface area contributed by atoms with Gasteiger partial charge in [-0.3, -0.25) is 4.79 Å². The van der Waals surface area contributed by atoms with E-state index >= 15 is 0 Å². The Kier molecular flexibility index (Phi) is 8.02. The van der Waals surface area contributed by atoms with Gasteiger partial charge in [-0.15, -0.1) is 0 Å². The molecule has 0 saturated carbocycles. The average molecular weight is 405 g/mol. The lowest BCUT2D eigenvalue weighted by Crippen LogP contribution is -2.27. The number of nitrogens with zero attached hydrogens (tertiary/aromatic N) is 1. The molecule has 1 N–H and O–H groups in total. The Balaban J connectivity index is 2.26. The molecule has 0 unspecified atom stereocenters. The second-order valence-corrected chi connectivity index (χ2v) is 8.48. The fraction of sp³-hybridized carbons (Fsp3) is 0.381. The lowest BCUT2D eigenvalue weighted by atomic mass is 10.1. The zero-order valence-electron chi connectivity index (χ0n) is 16.6. The molecule has 2 aromatic rings. The highest BCUT2D eigenvalue weighted by molar-refractivity contribution is 7.89. The molecule has 0 aliphatic heterocycles. The third-order valence-corrected chi connectivity index (χ3v) is 6.10. The number of hydrogen-bond donors (Lipinski definition) is 1. The van der Waals surface area contributed by atoms with E-state index in [0.717, 1.165) is 12.8 Å². The number of ether oxygens (including phenoxy) is 1. The van der Waals surface area contributed by atoms with Crippen molar-refractivity contribution < 1.29 is 17.9 Å². The minimum Gasteiger partial charge on any atom is -0.494 e. The second-order valence-electron chi connectivity index (χ2n) is 6.44. The van der Waals surface area contributed by atoms with Gasteiger partial charge in [0.2, 0.25) is 10.0 Å². The molecule has 0 aliphatic rings. The SMILES string of the molecule is CCCCNC(=O)c1ccc(OCC)c(CN(C)S(=O)(=O)c2ccccc2)c1. The van der Waals surface area contributed by atoms with Gasteiger partial charge < -0.3 is 10.1 Å². The van der Waals surface area contributed by atoms with Crippen LogP contribution in [0.5, 0.6) is 5.75 Å². The first kappa shape index (κ1) is 21.9. The highest BCUT2D eigenvalue weighted by Gasteiger charge is 2.22. The van der Waals surface area contributed by atoms with E-state index in [1.807, 2.05) is 6.92 Å². The molecule has 0 spiro atoms. The number of nitrogens with one attached hydrogen (secondary N) is 1. The monoisotopic (exact) mass is 404 g/mol. The summed E-state index contributed by atoms with van der Waals surface area (Å²) >= 11 is 0. The summed E-state index contributed by atoms with van der Waals surface area (Å²) in [4.78, 5) is 12.6. The van der Waals surface area contributed by atoms with E-state index in [4.69, 9.17) is 4.74 Å². The minimum absolute atomic E-state index is 0.0998. The van der Waals surface area contributed by atoms with Gasteiger partial charge in [0, 0.05) is 31.3 Å². The van der Waals surface area contributed by atoms with Crippen LogP contribution < -0.4 is 10.1 Å². The number of sulfonamides is 1. The molecule has 6 nitrogen and oxygen atoms in total. The van der Waals surface area contributed by atoms with E-state index in [0.29, 0.717) is 30.0 Å². The molecule has 0 fully saturated rings. The number of rotatable bonds is 10. The van der Waals surface area contributed by atoms with E-state index in [-0.39, 0.29) is 17.3 Å². The van der Waals surface area contributed by atoms with Gasteiger partial charge in [0.05, 0.1) is 11.5 Å². The Morgan fingerprint density at radius 3 is 2.46 bits per heavy atom. The van der Waals surface area contributed by atoms with Crippen molar-refractivity contribution in [3.8, 4) is 5.75 Å². The van der Waals surface area contributed by atoms with Crippen LogP contribution in [0.25, 0.3) is 0 Å². The molecular weight excluding hydrogens is 376 g/mol. The summed E-state index contributed by atoms with van der Waals surface area (Å²) < 4.78 is 32.5. The largest absolute Gasteiger partial charge is 0.494 e. The van der Waals surface area contributed by atoms with Gasteiger partial charge in [-0.25, -0.2) is 8.42 Å². The summed E-state index contributed by atoms with van der Waals surface area (Å²) in [5.74, 6) is 0.397. The summed E-state index contributed by atoms with van der Waals surface area (Å²) in [6.45, 7) is 5.08. The highest BCUT2D eigenvalue weighted by atomic mass is 32.2. The summed E-state index contributed by atoms with van der Waals surface area (Å²) in [6, 6.07) is 13.4. The number of amides is 1. The van der Waals surface area contributed by atoms with Crippen LogP contribution in [0.2, 0.25) is 0 Å². The molecule has 0 bridgehead atoms. The molecule has 2 aromatic carbocycles. The van der Waals surface area contributed by atoms with E-state index in [1.54, 1.807) is 48.5 Å². The van der Waals surface area contributed by atoms with Crippen molar-refractivity contribution >= 4 is 15.9 Å². The Bertz CT molecular complexity index is 883. The smallest absolute Gasteiger partial charge is 0.251 e. The number of benzene rings is 2. The van der Waals surface area contributed by atoms with Crippen LogP contribution in [0, 0.1) is 0 Å². The van der Waals surface area contributed by atoms with E-state index < -0.39 is 10.0 Å². The third-order valence-electron chi connectivity index (χ3n) is 4.28. The van der Waals surface area contributed by atoms with Crippen molar-refractivity contribution in [2.24, 2.45) is 0 Å². The molecule has 0 radical (unpaired) electrons. The van der Waals surface area contributed by atoms with Crippen LogP contribution in [-0.2, 0) is 16.6 Å². The zero-order valence-corrected chi connectivity index (χ0v) is 17.5. The Labute approximate surface area is 167 Å². The van der Waals surface area contributed by atoms with Gasteiger partial charge in [0.15, 0.2) is 0 Å². The Morgan fingerprint density at radius 2 is 1.82 bits per heavy atom. The van der Waals surface area contributed by atoms with Gasteiger partial charge in [-0.1, -0.05) is 31.5 Å².